The molecule has 12 nitrogen and oxygen atoms in total. The molecule has 1 saturated heterocycles. The molecule has 1 rings (SSSR count). The van der Waals surface area contributed by atoms with Gasteiger partial charge in [0.15, 0.2) is 24.6 Å². The molecule has 1 aliphatic heterocycles. The van der Waals surface area contributed by atoms with Crippen molar-refractivity contribution in [3.8, 4) is 0 Å². The van der Waals surface area contributed by atoms with Gasteiger partial charge in [0.05, 0.1) is 6.61 Å². The number of carboxylic acid groups (broad SMARTS) is 1. The van der Waals surface area contributed by atoms with Gasteiger partial charge in [-0.2, -0.15) is 0 Å². The van der Waals surface area contributed by atoms with Gasteiger partial charge in [0, 0.05) is 19.3 Å². The van der Waals surface area contributed by atoms with E-state index in [1.165, 1.54) is 154 Å². The van der Waals surface area contributed by atoms with Crippen molar-refractivity contribution in [2.75, 3.05) is 13.2 Å². The van der Waals surface area contributed by atoms with Crippen LogP contribution in [-0.4, -0.2) is 89.2 Å². The lowest BCUT2D eigenvalue weighted by molar-refractivity contribution is -0.301. The zero-order valence-corrected chi connectivity index (χ0v) is 48.3. The van der Waals surface area contributed by atoms with Crippen molar-refractivity contribution in [1.82, 2.24) is 0 Å². The van der Waals surface area contributed by atoms with Crippen LogP contribution in [0.2, 0.25) is 0 Å². The number of hydrogen-bond donors (Lipinski definition) is 3. The molecule has 0 bridgehead atoms. The summed E-state index contributed by atoms with van der Waals surface area (Å²) in [5, 5.41) is 31.5. The molecular formula is C63H114O12. The Balaban J connectivity index is 2.63. The molecule has 0 amide bonds. The third-order valence-electron chi connectivity index (χ3n) is 14.5. The van der Waals surface area contributed by atoms with Crippen LogP contribution >= 0.6 is 0 Å². The number of hydrogen-bond acceptors (Lipinski definition) is 11. The van der Waals surface area contributed by atoms with Crippen LogP contribution in [-0.2, 0) is 42.9 Å². The van der Waals surface area contributed by atoms with Crippen LogP contribution in [0.3, 0.4) is 0 Å². The first-order chi connectivity index (χ1) is 36.6. The minimum Gasteiger partial charge on any atom is -0.479 e. The van der Waals surface area contributed by atoms with Crippen LogP contribution in [0.4, 0.5) is 0 Å². The molecule has 1 heterocycles. The second-order valence-corrected chi connectivity index (χ2v) is 21.7. The molecule has 0 radical (unpaired) electrons. The number of aliphatic hydroxyl groups is 2. The van der Waals surface area contributed by atoms with Crippen LogP contribution in [0.1, 0.15) is 303 Å². The second-order valence-electron chi connectivity index (χ2n) is 21.7. The quantitative estimate of drug-likeness (QED) is 0.0228. The molecule has 12 heteroatoms. The van der Waals surface area contributed by atoms with Crippen LogP contribution < -0.4 is 0 Å². The normalized spacial score (nSPS) is 18.2. The van der Waals surface area contributed by atoms with Gasteiger partial charge in [0.1, 0.15) is 18.8 Å². The van der Waals surface area contributed by atoms with Crippen molar-refractivity contribution in [1.29, 1.82) is 0 Å². The van der Waals surface area contributed by atoms with E-state index in [0.29, 0.717) is 19.3 Å². The van der Waals surface area contributed by atoms with Gasteiger partial charge in [0.25, 0.3) is 0 Å². The Bertz CT molecular complexity index is 1400. The zero-order valence-electron chi connectivity index (χ0n) is 48.3. The van der Waals surface area contributed by atoms with E-state index in [1.54, 1.807) is 0 Å². The smallest absolute Gasteiger partial charge is 0.335 e. The van der Waals surface area contributed by atoms with Gasteiger partial charge in [-0.05, 0) is 44.9 Å². The Morgan fingerprint density at radius 1 is 0.440 bits per heavy atom. The van der Waals surface area contributed by atoms with Crippen LogP contribution in [0, 0.1) is 0 Å². The SMILES string of the molecule is CCC/C=C\C/C=C\CCCCCCCC(=O)OC1C(OCC(COC(=O)CCCCCCCCCCCCCCCCCCCCC)OC(=O)CCCCCCCCCCCCCCC)OC(C(=O)O)C(O)C1O. The van der Waals surface area contributed by atoms with E-state index >= 15 is 0 Å². The first-order valence-electron chi connectivity index (χ1n) is 31.3. The number of aliphatic hydroxyl groups excluding tert-OH is 2. The molecule has 0 saturated carbocycles. The molecule has 6 atom stereocenters. The minimum absolute atomic E-state index is 0.0489. The lowest BCUT2D eigenvalue weighted by Gasteiger charge is -2.40. The van der Waals surface area contributed by atoms with Gasteiger partial charge >= 0.3 is 23.9 Å². The van der Waals surface area contributed by atoms with Gasteiger partial charge in [0.2, 0.25) is 0 Å². The standard InChI is InChI=1S/C63H114O12/c1-4-7-10-13-16-19-22-25-26-27-28-29-30-33-34-37-40-43-46-49-55(64)71-52-54(73-56(65)50-47-44-41-38-35-31-23-20-17-14-11-8-5-2)53-72-63-61(59(68)58(67)60(75-63)62(69)70)74-57(66)51-48-45-42-39-36-32-24-21-18-15-12-9-6-3/h12,15,21,24,54,58-61,63,67-68H,4-11,13-14,16-20,22-23,25-53H2,1-3H3,(H,69,70)/b15-12-,24-21-. The number of carboxylic acids is 1. The van der Waals surface area contributed by atoms with E-state index in [1.807, 2.05) is 0 Å². The van der Waals surface area contributed by atoms with E-state index < -0.39 is 67.3 Å². The summed E-state index contributed by atoms with van der Waals surface area (Å²) in [6, 6.07) is 0. The number of esters is 3. The molecular weight excluding hydrogens is 949 g/mol. The summed E-state index contributed by atoms with van der Waals surface area (Å²) in [5.74, 6) is -3.10. The number of ether oxygens (including phenoxy) is 5. The Morgan fingerprint density at radius 3 is 1.25 bits per heavy atom. The van der Waals surface area contributed by atoms with Crippen molar-refractivity contribution >= 4 is 23.9 Å². The maximum absolute atomic E-state index is 13.1. The zero-order chi connectivity index (χ0) is 54.7. The van der Waals surface area contributed by atoms with Crippen LogP contribution in [0.15, 0.2) is 24.3 Å². The van der Waals surface area contributed by atoms with E-state index in [9.17, 15) is 34.5 Å². The number of carbonyl (C=O) groups excluding carboxylic acids is 3. The lowest BCUT2D eigenvalue weighted by Crippen LogP contribution is -2.61. The van der Waals surface area contributed by atoms with E-state index in [4.69, 9.17) is 23.7 Å². The molecule has 0 aliphatic carbocycles. The Hall–Kier alpha value is -2.80. The van der Waals surface area contributed by atoms with Crippen molar-refractivity contribution in [2.45, 2.75) is 340 Å². The fraction of sp³-hybridized carbons (Fsp3) is 0.873. The van der Waals surface area contributed by atoms with Gasteiger partial charge in [-0.25, -0.2) is 4.79 Å². The molecule has 1 aliphatic rings. The first kappa shape index (κ1) is 70.2. The topological polar surface area (TPSA) is 175 Å². The average molecular weight is 1060 g/mol. The molecule has 3 N–H and O–H groups in total. The van der Waals surface area contributed by atoms with Gasteiger partial charge in [-0.3, -0.25) is 14.4 Å². The largest absolute Gasteiger partial charge is 0.479 e. The number of rotatable bonds is 54. The van der Waals surface area contributed by atoms with Gasteiger partial charge in [-0.1, -0.05) is 263 Å². The molecule has 0 aromatic carbocycles. The highest BCUT2D eigenvalue weighted by Gasteiger charge is 2.50. The minimum atomic E-state index is -1.90. The number of unbranched alkanes of at least 4 members (excludes halogenated alkanes) is 36. The molecule has 6 unspecified atom stereocenters. The third-order valence-corrected chi connectivity index (χ3v) is 14.5. The lowest BCUT2D eigenvalue weighted by atomic mass is 9.98. The van der Waals surface area contributed by atoms with Crippen molar-refractivity contribution < 1.29 is 58.2 Å². The predicted molar refractivity (Wildman–Crippen MR) is 303 cm³/mol. The van der Waals surface area contributed by atoms with Crippen LogP contribution in [0.25, 0.3) is 0 Å². The summed E-state index contributed by atoms with van der Waals surface area (Å²) >= 11 is 0. The number of carbonyl (C=O) groups is 4. The molecule has 0 aromatic rings. The van der Waals surface area contributed by atoms with E-state index in [0.717, 1.165) is 89.9 Å². The third kappa shape index (κ3) is 41.9. The molecule has 438 valence electrons. The second kappa shape index (κ2) is 51.9. The van der Waals surface area contributed by atoms with Gasteiger partial charge in [-0.15, -0.1) is 0 Å². The van der Waals surface area contributed by atoms with Crippen LogP contribution in [0.5, 0.6) is 0 Å². The fourth-order valence-corrected chi connectivity index (χ4v) is 9.70. The molecule has 1 fully saturated rings. The highest BCUT2D eigenvalue weighted by Crippen LogP contribution is 2.27. The van der Waals surface area contributed by atoms with E-state index in [2.05, 4.69) is 45.1 Å². The summed E-state index contributed by atoms with van der Waals surface area (Å²) < 4.78 is 28.5. The summed E-state index contributed by atoms with van der Waals surface area (Å²) in [7, 11) is 0. The highest BCUT2D eigenvalue weighted by molar-refractivity contribution is 5.74. The first-order valence-corrected chi connectivity index (χ1v) is 31.3. The fourth-order valence-electron chi connectivity index (χ4n) is 9.70. The molecule has 0 aromatic heterocycles. The monoisotopic (exact) mass is 1060 g/mol. The predicted octanol–water partition coefficient (Wildman–Crippen LogP) is 16.2. The number of allylic oxidation sites excluding steroid dienone is 4. The maximum atomic E-state index is 13.1. The Morgan fingerprint density at radius 2 is 0.827 bits per heavy atom. The molecule has 75 heavy (non-hydrogen) atoms. The summed E-state index contributed by atoms with van der Waals surface area (Å²) in [5.41, 5.74) is 0. The van der Waals surface area contributed by atoms with Gasteiger partial charge < -0.3 is 39.0 Å². The summed E-state index contributed by atoms with van der Waals surface area (Å²) in [6.45, 7) is 5.96. The Kier molecular flexibility index (Phi) is 48.6. The van der Waals surface area contributed by atoms with Crippen molar-refractivity contribution in [3.63, 3.8) is 0 Å². The maximum Gasteiger partial charge on any atom is 0.335 e. The highest BCUT2D eigenvalue weighted by atomic mass is 16.7. The van der Waals surface area contributed by atoms with E-state index in [-0.39, 0.29) is 25.9 Å². The van der Waals surface area contributed by atoms with Crippen molar-refractivity contribution in [2.24, 2.45) is 0 Å². The summed E-state index contributed by atoms with van der Waals surface area (Å²) in [4.78, 5) is 51.2. The average Bonchev–Trinajstić information content (AvgIpc) is 3.39. The van der Waals surface area contributed by atoms with Crippen molar-refractivity contribution in [3.05, 3.63) is 24.3 Å². The molecule has 0 spiro atoms. The summed E-state index contributed by atoms with van der Waals surface area (Å²) in [6.07, 6.45) is 47.2. The Labute approximate surface area is 458 Å². The number of aliphatic carboxylic acids is 1.